The van der Waals surface area contributed by atoms with Crippen LogP contribution in [0.3, 0.4) is 0 Å². The Morgan fingerprint density at radius 1 is 1.32 bits per heavy atom. The van der Waals surface area contributed by atoms with E-state index in [1.807, 2.05) is 0 Å². The van der Waals surface area contributed by atoms with Crippen LogP contribution in [-0.4, -0.2) is 47.3 Å². The molecule has 3 N–H and O–H groups in total. The molecule has 1 aliphatic heterocycles. The molecule has 0 radical (unpaired) electrons. The average Bonchev–Trinajstić information content (AvgIpc) is 3.32. The molecule has 1 aromatic heterocycles. The highest BCUT2D eigenvalue weighted by Crippen LogP contribution is 2.40. The third-order valence-electron chi connectivity index (χ3n) is 5.68. The number of imidazole rings is 1. The smallest absolute Gasteiger partial charge is 0.262 e. The van der Waals surface area contributed by atoms with Crippen LogP contribution in [0.15, 0.2) is 35.7 Å². The summed E-state index contributed by atoms with van der Waals surface area (Å²) >= 11 is 5.89. The molecule has 28 heavy (non-hydrogen) atoms. The Balaban J connectivity index is 1.47. The fourth-order valence-electron chi connectivity index (χ4n) is 4.24. The quantitative estimate of drug-likeness (QED) is 0.724. The Labute approximate surface area is 168 Å². The Hall–Kier alpha value is -2.10. The molecule has 10 heteroatoms. The second-order valence-corrected chi connectivity index (χ2v) is 9.83. The number of nitrogens with one attached hydrogen (secondary N) is 1. The van der Waals surface area contributed by atoms with Gasteiger partial charge in [0.05, 0.1) is 11.9 Å². The van der Waals surface area contributed by atoms with Crippen molar-refractivity contribution in [1.29, 1.82) is 0 Å². The number of nitrogens with zero attached hydrogens (tertiary/aromatic N) is 3. The molecule has 2 heterocycles. The number of rotatable bonds is 4. The zero-order chi connectivity index (χ0) is 20.1. The minimum Gasteiger partial charge on any atom is -0.398 e. The Morgan fingerprint density at radius 3 is 2.79 bits per heavy atom. The fraction of sp³-hybridized carbons (Fsp3) is 0.444. The van der Waals surface area contributed by atoms with E-state index in [1.54, 1.807) is 29.8 Å². The van der Waals surface area contributed by atoms with Crippen LogP contribution in [0.5, 0.6) is 0 Å². The van der Waals surface area contributed by atoms with E-state index in [4.69, 9.17) is 17.3 Å². The molecule has 0 bridgehead atoms. The highest BCUT2D eigenvalue weighted by molar-refractivity contribution is 7.89. The Kier molecular flexibility index (Phi) is 4.84. The van der Waals surface area contributed by atoms with E-state index in [9.17, 15) is 13.2 Å². The molecule has 2 aliphatic rings. The third kappa shape index (κ3) is 3.38. The fourth-order valence-corrected chi connectivity index (χ4v) is 5.92. The van der Waals surface area contributed by atoms with Crippen molar-refractivity contribution in [3.63, 3.8) is 0 Å². The molecule has 1 amide bonds. The van der Waals surface area contributed by atoms with E-state index < -0.39 is 10.0 Å². The number of halogens is 1. The zero-order valence-corrected chi connectivity index (χ0v) is 16.9. The molecule has 1 aliphatic carbocycles. The second kappa shape index (κ2) is 7.06. The second-order valence-electron chi connectivity index (χ2n) is 7.51. The molecule has 1 saturated heterocycles. The first-order valence-corrected chi connectivity index (χ1v) is 10.9. The molecule has 2 aromatic rings. The highest BCUT2D eigenvalue weighted by Gasteiger charge is 2.47. The number of fused-ring (bicyclic) bond motifs is 1. The summed E-state index contributed by atoms with van der Waals surface area (Å²) in [5.74, 6) is 0.0492. The van der Waals surface area contributed by atoms with Gasteiger partial charge in [0.25, 0.3) is 15.9 Å². The number of hydrogen-bond acceptors (Lipinski definition) is 5. The molecule has 2 fully saturated rings. The maximum absolute atomic E-state index is 12.8. The number of amides is 1. The van der Waals surface area contributed by atoms with Crippen molar-refractivity contribution in [2.24, 2.45) is 18.9 Å². The van der Waals surface area contributed by atoms with Crippen LogP contribution >= 0.6 is 11.6 Å². The Bertz CT molecular complexity index is 1020. The van der Waals surface area contributed by atoms with Gasteiger partial charge in [-0.15, -0.1) is 0 Å². The largest absolute Gasteiger partial charge is 0.398 e. The van der Waals surface area contributed by atoms with Gasteiger partial charge in [-0.3, -0.25) is 4.79 Å². The number of nitrogen functional groups attached to an aromatic ring is 1. The summed E-state index contributed by atoms with van der Waals surface area (Å²) in [6.45, 7) is 0.837. The predicted molar refractivity (Wildman–Crippen MR) is 105 cm³/mol. The first kappa shape index (κ1) is 19.2. The summed E-state index contributed by atoms with van der Waals surface area (Å²) in [7, 11) is -1.89. The normalized spacial score (nSPS) is 25.0. The zero-order valence-electron chi connectivity index (χ0n) is 15.4. The lowest BCUT2D eigenvalue weighted by molar-refractivity contribution is 0.0928. The van der Waals surface area contributed by atoms with E-state index >= 15 is 0 Å². The molecule has 8 nitrogen and oxygen atoms in total. The summed E-state index contributed by atoms with van der Waals surface area (Å²) in [5, 5.41) is 3.57. The number of hydrogen-bond donors (Lipinski definition) is 2. The van der Waals surface area contributed by atoms with Crippen molar-refractivity contribution in [3.05, 3.63) is 41.3 Å². The summed E-state index contributed by atoms with van der Waals surface area (Å²) in [6.07, 6.45) is 4.68. The summed E-state index contributed by atoms with van der Waals surface area (Å²) in [4.78, 5) is 16.6. The van der Waals surface area contributed by atoms with Gasteiger partial charge in [0.1, 0.15) is 0 Å². The van der Waals surface area contributed by atoms with Crippen molar-refractivity contribution < 1.29 is 13.2 Å². The lowest BCUT2D eigenvalue weighted by atomic mass is 9.97. The molecule has 3 unspecified atom stereocenters. The van der Waals surface area contributed by atoms with Gasteiger partial charge in [-0.05, 0) is 42.9 Å². The number of aryl methyl sites for hydroxylation is 1. The highest BCUT2D eigenvalue weighted by atomic mass is 35.5. The molecule has 0 spiro atoms. The number of sulfonamides is 1. The lowest BCUT2D eigenvalue weighted by Crippen LogP contribution is -2.40. The van der Waals surface area contributed by atoms with Crippen molar-refractivity contribution in [3.8, 4) is 0 Å². The minimum atomic E-state index is -3.62. The van der Waals surface area contributed by atoms with Gasteiger partial charge >= 0.3 is 0 Å². The maximum atomic E-state index is 12.8. The first-order valence-electron chi connectivity index (χ1n) is 9.09. The van der Waals surface area contributed by atoms with Crippen molar-refractivity contribution in [1.82, 2.24) is 19.2 Å². The number of nitrogens with two attached hydrogens (primary N) is 1. The van der Waals surface area contributed by atoms with E-state index in [2.05, 4.69) is 10.3 Å². The summed E-state index contributed by atoms with van der Waals surface area (Å²) < 4.78 is 28.8. The van der Waals surface area contributed by atoms with Crippen LogP contribution in [-0.2, 0) is 17.1 Å². The van der Waals surface area contributed by atoms with E-state index in [0.717, 1.165) is 12.8 Å². The number of aromatic nitrogens is 2. The maximum Gasteiger partial charge on any atom is 0.262 e. The number of benzene rings is 1. The van der Waals surface area contributed by atoms with Crippen LogP contribution in [0.4, 0.5) is 5.69 Å². The van der Waals surface area contributed by atoms with Crippen molar-refractivity contribution >= 4 is 33.2 Å². The van der Waals surface area contributed by atoms with Gasteiger partial charge in [0.2, 0.25) is 0 Å². The van der Waals surface area contributed by atoms with E-state index in [1.165, 1.54) is 16.8 Å². The Morgan fingerprint density at radius 2 is 2.11 bits per heavy atom. The molecule has 3 atom stereocenters. The molecular weight excluding hydrogens is 402 g/mol. The molecular formula is C18H22ClN5O3S. The van der Waals surface area contributed by atoms with Gasteiger partial charge in [0, 0.05) is 43.1 Å². The van der Waals surface area contributed by atoms with E-state index in [-0.39, 0.29) is 28.8 Å². The summed E-state index contributed by atoms with van der Waals surface area (Å²) in [6, 6.07) is 4.69. The first-order chi connectivity index (χ1) is 13.3. The van der Waals surface area contributed by atoms with Gasteiger partial charge < -0.3 is 15.6 Å². The van der Waals surface area contributed by atoms with Crippen LogP contribution in [0.1, 0.15) is 23.2 Å². The molecule has 150 valence electrons. The van der Waals surface area contributed by atoms with Crippen molar-refractivity contribution in [2.45, 2.75) is 23.9 Å². The van der Waals surface area contributed by atoms with Crippen LogP contribution in [0.2, 0.25) is 5.02 Å². The van der Waals surface area contributed by atoms with Gasteiger partial charge in [-0.1, -0.05) is 11.6 Å². The lowest BCUT2D eigenvalue weighted by Gasteiger charge is -2.21. The van der Waals surface area contributed by atoms with E-state index in [0.29, 0.717) is 29.4 Å². The van der Waals surface area contributed by atoms with Crippen LogP contribution in [0, 0.1) is 11.8 Å². The monoisotopic (exact) mass is 423 g/mol. The van der Waals surface area contributed by atoms with Gasteiger partial charge in [0.15, 0.2) is 5.03 Å². The molecule has 1 saturated carbocycles. The molecule has 4 rings (SSSR count). The third-order valence-corrected chi connectivity index (χ3v) is 7.64. The number of carbonyl (C=O) groups excluding carboxylic acids is 1. The molecule has 1 aromatic carbocycles. The van der Waals surface area contributed by atoms with Crippen LogP contribution in [0.25, 0.3) is 0 Å². The average molecular weight is 424 g/mol. The van der Waals surface area contributed by atoms with Gasteiger partial charge in [-0.25, -0.2) is 13.4 Å². The van der Waals surface area contributed by atoms with Gasteiger partial charge in [-0.2, -0.15) is 4.31 Å². The number of carbonyl (C=O) groups is 1. The SMILES string of the molecule is Cn1cnc(S(=O)(=O)N2CC3CCC(NC(=O)c4ccc(Cl)cc4N)C3C2)c1. The van der Waals surface area contributed by atoms with Crippen molar-refractivity contribution in [2.75, 3.05) is 18.8 Å². The standard InChI is InChI=1S/C18H22ClN5O3S/c1-23-9-17(21-10-23)28(26,27)24-7-11-2-5-16(14(11)8-24)22-18(25)13-4-3-12(19)6-15(13)20/h3-4,6,9-11,14,16H,2,5,7-8,20H2,1H3,(H,22,25). The minimum absolute atomic E-state index is 0.0597. The predicted octanol–water partition coefficient (Wildman–Crippen LogP) is 1.48. The summed E-state index contributed by atoms with van der Waals surface area (Å²) in [5.41, 5.74) is 6.61. The van der Waals surface area contributed by atoms with Crippen LogP contribution < -0.4 is 11.1 Å². The topological polar surface area (TPSA) is 110 Å². The number of anilines is 1.